The van der Waals surface area contributed by atoms with Crippen LogP contribution in [0.5, 0.6) is 5.75 Å². The van der Waals surface area contributed by atoms with Crippen LogP contribution in [0, 0.1) is 24.0 Å². The van der Waals surface area contributed by atoms with Crippen LogP contribution in [0.15, 0.2) is 42.5 Å². The standard InChI is InChI=1S/C18H18N6O3/c1-11-7-8-15(14(9-11)24(25)26)27-10-16-21-17(19)23-18(22-16)20-13-6-4-3-5-12(13)2/h3-9H,10H2,1-2H3,(H3,19,20,21,22,23). The molecular formula is C18H18N6O3. The number of nitrogens with two attached hydrogens (primary N) is 1. The second kappa shape index (κ2) is 7.65. The summed E-state index contributed by atoms with van der Waals surface area (Å²) in [6.07, 6.45) is 0. The molecule has 0 aliphatic rings. The van der Waals surface area contributed by atoms with Crippen LogP contribution >= 0.6 is 0 Å². The van der Waals surface area contributed by atoms with E-state index in [-0.39, 0.29) is 35.8 Å². The quantitative estimate of drug-likeness (QED) is 0.502. The average Bonchev–Trinajstić information content (AvgIpc) is 2.62. The van der Waals surface area contributed by atoms with Gasteiger partial charge in [0.25, 0.3) is 0 Å². The van der Waals surface area contributed by atoms with Crippen LogP contribution in [0.4, 0.5) is 23.3 Å². The van der Waals surface area contributed by atoms with Crippen LogP contribution in [0.2, 0.25) is 0 Å². The number of nitro groups is 1. The minimum absolute atomic E-state index is 0.0260. The molecule has 3 N–H and O–H groups in total. The van der Waals surface area contributed by atoms with E-state index in [0.717, 1.165) is 16.8 Å². The highest BCUT2D eigenvalue weighted by Gasteiger charge is 2.16. The molecule has 3 rings (SSSR count). The molecule has 1 aromatic heterocycles. The molecule has 9 nitrogen and oxygen atoms in total. The van der Waals surface area contributed by atoms with Gasteiger partial charge in [-0.15, -0.1) is 0 Å². The fourth-order valence-electron chi connectivity index (χ4n) is 2.43. The number of rotatable bonds is 6. The molecule has 9 heteroatoms. The van der Waals surface area contributed by atoms with Crippen molar-refractivity contribution in [2.45, 2.75) is 20.5 Å². The van der Waals surface area contributed by atoms with Gasteiger partial charge in [0.05, 0.1) is 4.92 Å². The number of nitrogens with one attached hydrogen (secondary N) is 1. The fraction of sp³-hybridized carbons (Fsp3) is 0.167. The molecule has 0 saturated heterocycles. The monoisotopic (exact) mass is 366 g/mol. The first-order valence-electron chi connectivity index (χ1n) is 8.13. The molecular weight excluding hydrogens is 348 g/mol. The Balaban J connectivity index is 1.79. The number of anilines is 3. The summed E-state index contributed by atoms with van der Waals surface area (Å²) in [6, 6.07) is 12.4. The van der Waals surface area contributed by atoms with Gasteiger partial charge in [0.2, 0.25) is 11.9 Å². The van der Waals surface area contributed by atoms with E-state index in [0.29, 0.717) is 0 Å². The van der Waals surface area contributed by atoms with E-state index in [1.54, 1.807) is 19.1 Å². The Morgan fingerprint density at radius 2 is 1.93 bits per heavy atom. The molecule has 3 aromatic rings. The lowest BCUT2D eigenvalue weighted by Crippen LogP contribution is -2.10. The first kappa shape index (κ1) is 18.1. The maximum atomic E-state index is 11.2. The van der Waals surface area contributed by atoms with E-state index in [1.807, 2.05) is 31.2 Å². The molecule has 0 unspecified atom stereocenters. The van der Waals surface area contributed by atoms with Gasteiger partial charge in [-0.2, -0.15) is 15.0 Å². The molecule has 0 bridgehead atoms. The third kappa shape index (κ3) is 4.46. The lowest BCUT2D eigenvalue weighted by molar-refractivity contribution is -0.386. The summed E-state index contributed by atoms with van der Waals surface area (Å²) < 4.78 is 5.55. The van der Waals surface area contributed by atoms with E-state index >= 15 is 0 Å². The highest BCUT2D eigenvalue weighted by atomic mass is 16.6. The summed E-state index contributed by atoms with van der Waals surface area (Å²) in [5, 5.41) is 14.3. The molecule has 0 fully saturated rings. The van der Waals surface area contributed by atoms with E-state index in [2.05, 4.69) is 20.3 Å². The van der Waals surface area contributed by atoms with Crippen molar-refractivity contribution >= 4 is 23.3 Å². The Morgan fingerprint density at radius 1 is 1.15 bits per heavy atom. The smallest absolute Gasteiger partial charge is 0.311 e. The van der Waals surface area contributed by atoms with Crippen LogP contribution in [-0.4, -0.2) is 19.9 Å². The van der Waals surface area contributed by atoms with Crippen molar-refractivity contribution in [1.82, 2.24) is 15.0 Å². The van der Waals surface area contributed by atoms with E-state index in [1.165, 1.54) is 6.07 Å². The number of nitrogen functional groups attached to an aromatic ring is 1. The van der Waals surface area contributed by atoms with Crippen LogP contribution in [0.1, 0.15) is 17.0 Å². The van der Waals surface area contributed by atoms with Crippen molar-refractivity contribution in [2.24, 2.45) is 0 Å². The lowest BCUT2D eigenvalue weighted by Gasteiger charge is -2.10. The van der Waals surface area contributed by atoms with Crippen LogP contribution in [0.3, 0.4) is 0 Å². The summed E-state index contributed by atoms with van der Waals surface area (Å²) in [4.78, 5) is 23.1. The second-order valence-corrected chi connectivity index (χ2v) is 5.89. The number of aromatic nitrogens is 3. The van der Waals surface area contributed by atoms with Crippen molar-refractivity contribution < 1.29 is 9.66 Å². The summed E-state index contributed by atoms with van der Waals surface area (Å²) in [7, 11) is 0. The molecule has 0 amide bonds. The molecule has 0 aliphatic heterocycles. The molecule has 0 spiro atoms. The van der Waals surface area contributed by atoms with Gasteiger partial charge in [0.1, 0.15) is 6.61 Å². The highest BCUT2D eigenvalue weighted by molar-refractivity contribution is 5.58. The third-order valence-corrected chi connectivity index (χ3v) is 3.76. The average molecular weight is 366 g/mol. The Bertz CT molecular complexity index is 993. The maximum absolute atomic E-state index is 11.2. The van der Waals surface area contributed by atoms with Crippen molar-refractivity contribution in [3.63, 3.8) is 0 Å². The number of nitro benzene ring substituents is 1. The van der Waals surface area contributed by atoms with Crippen molar-refractivity contribution in [1.29, 1.82) is 0 Å². The number of para-hydroxylation sites is 1. The molecule has 1 heterocycles. The van der Waals surface area contributed by atoms with Gasteiger partial charge in [-0.3, -0.25) is 10.1 Å². The van der Waals surface area contributed by atoms with Gasteiger partial charge in [0, 0.05) is 11.8 Å². The van der Waals surface area contributed by atoms with E-state index < -0.39 is 4.92 Å². The third-order valence-electron chi connectivity index (χ3n) is 3.76. The van der Waals surface area contributed by atoms with E-state index in [9.17, 15) is 10.1 Å². The minimum Gasteiger partial charge on any atom is -0.479 e. The van der Waals surface area contributed by atoms with Gasteiger partial charge in [-0.25, -0.2) is 0 Å². The van der Waals surface area contributed by atoms with Gasteiger partial charge < -0.3 is 15.8 Å². The Hall–Kier alpha value is -3.75. The molecule has 27 heavy (non-hydrogen) atoms. The summed E-state index contributed by atoms with van der Waals surface area (Å²) >= 11 is 0. The first-order valence-corrected chi connectivity index (χ1v) is 8.13. The van der Waals surface area contributed by atoms with Crippen LogP contribution in [0.25, 0.3) is 0 Å². The van der Waals surface area contributed by atoms with Crippen LogP contribution in [-0.2, 0) is 6.61 Å². The number of hydrogen-bond donors (Lipinski definition) is 2. The molecule has 138 valence electrons. The lowest BCUT2D eigenvalue weighted by atomic mass is 10.2. The predicted molar refractivity (Wildman–Crippen MR) is 101 cm³/mol. The van der Waals surface area contributed by atoms with Gasteiger partial charge >= 0.3 is 5.69 Å². The van der Waals surface area contributed by atoms with Crippen LogP contribution < -0.4 is 15.8 Å². The number of ether oxygens (including phenoxy) is 1. The number of nitrogens with zero attached hydrogens (tertiary/aromatic N) is 4. The summed E-state index contributed by atoms with van der Waals surface area (Å²) in [5.41, 5.74) is 8.26. The maximum Gasteiger partial charge on any atom is 0.311 e. The second-order valence-electron chi connectivity index (χ2n) is 5.89. The summed E-state index contributed by atoms with van der Waals surface area (Å²) in [6.45, 7) is 3.64. The Labute approximate surface area is 155 Å². The van der Waals surface area contributed by atoms with Gasteiger partial charge in [-0.05, 0) is 37.1 Å². The molecule has 0 saturated carbocycles. The van der Waals surface area contributed by atoms with Crippen molar-refractivity contribution in [3.8, 4) is 5.75 Å². The largest absolute Gasteiger partial charge is 0.479 e. The number of hydrogen-bond acceptors (Lipinski definition) is 8. The Morgan fingerprint density at radius 3 is 2.67 bits per heavy atom. The molecule has 0 aliphatic carbocycles. The van der Waals surface area contributed by atoms with Gasteiger partial charge in [0.15, 0.2) is 11.6 Å². The van der Waals surface area contributed by atoms with Gasteiger partial charge in [-0.1, -0.05) is 24.3 Å². The fourth-order valence-corrected chi connectivity index (χ4v) is 2.43. The molecule has 2 aromatic carbocycles. The zero-order chi connectivity index (χ0) is 19.4. The normalized spacial score (nSPS) is 10.4. The predicted octanol–water partition coefficient (Wildman–Crippen LogP) is 3.30. The molecule has 0 radical (unpaired) electrons. The minimum atomic E-state index is -0.491. The zero-order valence-electron chi connectivity index (χ0n) is 14.8. The SMILES string of the molecule is Cc1ccc(OCc2nc(N)nc(Nc3ccccc3C)n2)c([N+](=O)[O-])c1. The highest BCUT2D eigenvalue weighted by Crippen LogP contribution is 2.28. The number of benzene rings is 2. The summed E-state index contributed by atoms with van der Waals surface area (Å²) in [5.74, 6) is 0.693. The Kier molecular flexibility index (Phi) is 5.11. The zero-order valence-corrected chi connectivity index (χ0v) is 14.8. The number of aryl methyl sites for hydroxylation is 2. The van der Waals surface area contributed by atoms with E-state index in [4.69, 9.17) is 10.5 Å². The first-order chi connectivity index (χ1) is 12.9. The molecule has 0 atom stereocenters. The van der Waals surface area contributed by atoms with Crippen molar-refractivity contribution in [2.75, 3.05) is 11.1 Å². The topological polar surface area (TPSA) is 129 Å². The van der Waals surface area contributed by atoms with Crippen molar-refractivity contribution in [3.05, 3.63) is 69.5 Å².